The summed E-state index contributed by atoms with van der Waals surface area (Å²) in [4.78, 5) is 22.7. The largest absolute Gasteiger partial charge is 0.478 e. The van der Waals surface area contributed by atoms with Crippen molar-refractivity contribution in [3.63, 3.8) is 0 Å². The van der Waals surface area contributed by atoms with E-state index in [1.807, 2.05) is 0 Å². The molecular formula is C18H17N3O4. The van der Waals surface area contributed by atoms with E-state index in [9.17, 15) is 9.59 Å². The Bertz CT molecular complexity index is 844. The van der Waals surface area contributed by atoms with Crippen LogP contribution in [0.4, 0.5) is 0 Å². The maximum Gasteiger partial charge on any atom is 0.335 e. The van der Waals surface area contributed by atoms with Crippen LogP contribution < -0.4 is 11.2 Å². The zero-order valence-corrected chi connectivity index (χ0v) is 13.2. The fraction of sp³-hybridized carbons (Fsp3) is 0.0556. The van der Waals surface area contributed by atoms with Crippen LogP contribution in [0.2, 0.25) is 0 Å². The number of aromatic carboxylic acids is 1. The van der Waals surface area contributed by atoms with Crippen molar-refractivity contribution < 1.29 is 19.9 Å². The van der Waals surface area contributed by atoms with Gasteiger partial charge in [-0.15, -0.1) is 0 Å². The van der Waals surface area contributed by atoms with Crippen LogP contribution in [0.3, 0.4) is 0 Å². The molecule has 0 aromatic heterocycles. The maximum atomic E-state index is 11.6. The van der Waals surface area contributed by atoms with Crippen molar-refractivity contribution in [2.75, 3.05) is 0 Å². The van der Waals surface area contributed by atoms with Crippen molar-refractivity contribution in [1.29, 1.82) is 5.41 Å². The van der Waals surface area contributed by atoms with E-state index in [-0.39, 0.29) is 29.0 Å². The fourth-order valence-corrected chi connectivity index (χ4v) is 2.29. The van der Waals surface area contributed by atoms with Gasteiger partial charge in [-0.3, -0.25) is 15.4 Å². The molecule has 25 heavy (non-hydrogen) atoms. The number of carbonyl (C=O) groups excluding carboxylic acids is 1. The van der Waals surface area contributed by atoms with Gasteiger partial charge < -0.3 is 10.8 Å². The van der Waals surface area contributed by atoms with E-state index in [1.54, 1.807) is 36.4 Å². The monoisotopic (exact) mass is 339 g/mol. The first-order chi connectivity index (χ1) is 11.9. The second-order valence-corrected chi connectivity index (χ2v) is 5.23. The molecule has 7 heteroatoms. The van der Waals surface area contributed by atoms with Crippen LogP contribution >= 0.6 is 0 Å². The molecule has 2 rings (SSSR count). The first-order valence-electron chi connectivity index (χ1n) is 7.33. The molecule has 0 saturated heterocycles. The molecule has 0 atom stereocenters. The molecule has 0 aliphatic rings. The number of rotatable bonds is 6. The van der Waals surface area contributed by atoms with Crippen LogP contribution in [-0.4, -0.2) is 27.9 Å². The van der Waals surface area contributed by atoms with E-state index in [2.05, 4.69) is 0 Å². The molecule has 0 aliphatic carbocycles. The average molecular weight is 339 g/mol. The molecular weight excluding hydrogens is 322 g/mol. The van der Waals surface area contributed by atoms with Gasteiger partial charge in [-0.05, 0) is 17.7 Å². The minimum absolute atomic E-state index is 0.0199. The lowest BCUT2D eigenvalue weighted by Crippen LogP contribution is -2.23. The Kier molecular flexibility index (Phi) is 5.65. The summed E-state index contributed by atoms with van der Waals surface area (Å²) in [6.45, 7) is 0. The van der Waals surface area contributed by atoms with E-state index >= 15 is 0 Å². The number of carboxylic acids is 1. The third kappa shape index (κ3) is 4.30. The van der Waals surface area contributed by atoms with E-state index in [0.717, 1.165) is 0 Å². The molecule has 0 bridgehead atoms. The van der Waals surface area contributed by atoms with Gasteiger partial charge in [0.25, 0.3) is 0 Å². The smallest absolute Gasteiger partial charge is 0.335 e. The zero-order chi connectivity index (χ0) is 18.4. The number of carbonyl (C=O) groups is 2. The number of nitrogens with one attached hydrogen (secondary N) is 2. The number of benzene rings is 2. The molecule has 0 spiro atoms. The lowest BCUT2D eigenvalue weighted by molar-refractivity contribution is -0.128. The predicted molar refractivity (Wildman–Crippen MR) is 92.3 cm³/mol. The average Bonchev–Trinajstić information content (AvgIpc) is 2.65. The van der Waals surface area contributed by atoms with Crippen molar-refractivity contribution in [1.82, 2.24) is 5.48 Å². The lowest BCUT2D eigenvalue weighted by atomic mass is 9.94. The Morgan fingerprint density at radius 1 is 1.00 bits per heavy atom. The standard InChI is InChI=1S/C18H17N3O4/c19-16(11-5-2-1-3-6-11)14(10-15(22)21-25)17(20)12-7-4-8-13(9-12)18(23)24/h1-9,20,25H,10,19H2,(H,21,22)(H,23,24)/b16-14-,20-17?. The minimum Gasteiger partial charge on any atom is -0.478 e. The first-order valence-corrected chi connectivity index (χ1v) is 7.33. The van der Waals surface area contributed by atoms with E-state index < -0.39 is 11.9 Å². The van der Waals surface area contributed by atoms with Gasteiger partial charge in [-0.1, -0.05) is 42.5 Å². The maximum absolute atomic E-state index is 11.6. The summed E-state index contributed by atoms with van der Waals surface area (Å²) < 4.78 is 0. The summed E-state index contributed by atoms with van der Waals surface area (Å²) in [5.41, 5.74) is 8.89. The summed E-state index contributed by atoms with van der Waals surface area (Å²) in [5.74, 6) is -1.85. The van der Waals surface area contributed by atoms with Gasteiger partial charge in [-0.25, -0.2) is 10.3 Å². The van der Waals surface area contributed by atoms with Gasteiger partial charge in [-0.2, -0.15) is 0 Å². The Labute approximate surface area is 143 Å². The van der Waals surface area contributed by atoms with E-state index in [0.29, 0.717) is 11.1 Å². The van der Waals surface area contributed by atoms with Crippen molar-refractivity contribution in [2.45, 2.75) is 6.42 Å². The molecule has 2 aromatic carbocycles. The second-order valence-electron chi connectivity index (χ2n) is 5.23. The van der Waals surface area contributed by atoms with E-state index in [1.165, 1.54) is 23.7 Å². The van der Waals surface area contributed by atoms with Crippen LogP contribution in [0, 0.1) is 5.41 Å². The van der Waals surface area contributed by atoms with Crippen LogP contribution in [0.25, 0.3) is 5.70 Å². The number of carboxylic acid groups (broad SMARTS) is 1. The van der Waals surface area contributed by atoms with Crippen molar-refractivity contribution in [3.8, 4) is 0 Å². The first kappa shape index (κ1) is 17.9. The number of amides is 1. The van der Waals surface area contributed by atoms with Crippen LogP contribution in [0.5, 0.6) is 0 Å². The summed E-state index contributed by atoms with van der Waals surface area (Å²) in [7, 11) is 0. The molecule has 0 radical (unpaired) electrons. The number of hydrogen-bond donors (Lipinski definition) is 5. The van der Waals surface area contributed by atoms with Gasteiger partial charge in [0.1, 0.15) is 0 Å². The van der Waals surface area contributed by atoms with Crippen LogP contribution in [0.1, 0.15) is 27.9 Å². The highest BCUT2D eigenvalue weighted by Gasteiger charge is 2.18. The van der Waals surface area contributed by atoms with Crippen molar-refractivity contribution >= 4 is 23.3 Å². The fourth-order valence-electron chi connectivity index (χ4n) is 2.29. The van der Waals surface area contributed by atoms with E-state index in [4.69, 9.17) is 21.5 Å². The molecule has 0 unspecified atom stereocenters. The van der Waals surface area contributed by atoms with Crippen LogP contribution in [-0.2, 0) is 4.79 Å². The van der Waals surface area contributed by atoms with Gasteiger partial charge in [0.05, 0.1) is 17.7 Å². The minimum atomic E-state index is -1.12. The topological polar surface area (TPSA) is 136 Å². The normalized spacial score (nSPS) is 11.4. The molecule has 7 nitrogen and oxygen atoms in total. The van der Waals surface area contributed by atoms with Gasteiger partial charge in [0, 0.05) is 16.8 Å². The Morgan fingerprint density at radius 2 is 1.60 bits per heavy atom. The molecule has 6 N–H and O–H groups in total. The third-order valence-corrected chi connectivity index (χ3v) is 3.57. The quantitative estimate of drug-likeness (QED) is 0.311. The summed E-state index contributed by atoms with van der Waals surface area (Å²) in [6, 6.07) is 14.6. The molecule has 0 aliphatic heterocycles. The highest BCUT2D eigenvalue weighted by molar-refractivity contribution is 6.17. The number of hydrogen-bond acceptors (Lipinski definition) is 5. The van der Waals surface area contributed by atoms with Crippen LogP contribution in [0.15, 0.2) is 60.2 Å². The highest BCUT2D eigenvalue weighted by Crippen LogP contribution is 2.21. The molecule has 0 heterocycles. The highest BCUT2D eigenvalue weighted by atomic mass is 16.5. The van der Waals surface area contributed by atoms with Gasteiger partial charge >= 0.3 is 5.97 Å². The zero-order valence-electron chi connectivity index (χ0n) is 13.2. The third-order valence-electron chi connectivity index (χ3n) is 3.57. The lowest BCUT2D eigenvalue weighted by Gasteiger charge is -2.14. The predicted octanol–water partition coefficient (Wildman–Crippen LogP) is 2.02. The van der Waals surface area contributed by atoms with Crippen molar-refractivity contribution in [3.05, 3.63) is 76.9 Å². The molecule has 128 valence electrons. The molecule has 0 saturated carbocycles. The van der Waals surface area contributed by atoms with Gasteiger partial charge in [0.2, 0.25) is 5.91 Å². The molecule has 0 fully saturated rings. The Balaban J connectivity index is 2.52. The van der Waals surface area contributed by atoms with Crippen molar-refractivity contribution in [2.24, 2.45) is 5.73 Å². The molecule has 1 amide bonds. The number of nitrogens with two attached hydrogens (primary N) is 1. The number of hydroxylamine groups is 1. The molecule has 2 aromatic rings. The van der Waals surface area contributed by atoms with Gasteiger partial charge in [0.15, 0.2) is 0 Å². The SMILES string of the molecule is N=C(/C(CC(=O)NO)=C(\N)c1ccccc1)c1cccc(C(=O)O)c1. The summed E-state index contributed by atoms with van der Waals surface area (Å²) in [5, 5.41) is 26.3. The Hall–Kier alpha value is -3.45. The summed E-state index contributed by atoms with van der Waals surface area (Å²) >= 11 is 0. The Morgan fingerprint density at radius 3 is 2.20 bits per heavy atom. The second kappa shape index (κ2) is 7.89. The summed E-state index contributed by atoms with van der Waals surface area (Å²) in [6.07, 6.45) is -0.326.